The van der Waals surface area contributed by atoms with E-state index in [9.17, 15) is 8.42 Å². The van der Waals surface area contributed by atoms with Crippen LogP contribution in [0.2, 0.25) is 0 Å². The van der Waals surface area contributed by atoms with E-state index in [0.717, 1.165) is 4.31 Å². The minimum atomic E-state index is -3.89. The second-order valence-corrected chi connectivity index (χ2v) is 6.28. The summed E-state index contributed by atoms with van der Waals surface area (Å²) in [5.74, 6) is 0. The van der Waals surface area contributed by atoms with Gasteiger partial charge in [0.2, 0.25) is 0 Å². The summed E-state index contributed by atoms with van der Waals surface area (Å²) in [7, 11) is -3.89. The molecule has 0 bridgehead atoms. The Kier molecular flexibility index (Phi) is 4.21. The molecular weight excluding hydrogens is 306 g/mol. The number of nitriles is 1. The highest BCUT2D eigenvalue weighted by molar-refractivity contribution is 7.95. The Morgan fingerprint density at radius 1 is 1.10 bits per heavy atom. The number of nitrogens with zero attached hydrogens (tertiary/aromatic N) is 2. The van der Waals surface area contributed by atoms with Gasteiger partial charge in [-0.2, -0.15) is 5.26 Å². The Balaban J connectivity index is 2.54. The lowest BCUT2D eigenvalue weighted by Crippen LogP contribution is -2.40. The van der Waals surface area contributed by atoms with Crippen molar-refractivity contribution in [2.24, 2.45) is 5.73 Å². The Bertz CT molecular complexity index is 794. The van der Waals surface area contributed by atoms with Gasteiger partial charge in [-0.05, 0) is 48.6 Å². The molecule has 0 fully saturated rings. The van der Waals surface area contributed by atoms with E-state index < -0.39 is 10.0 Å². The molecular formula is C14H11N3O2S2. The first-order valence-electron chi connectivity index (χ1n) is 5.87. The van der Waals surface area contributed by atoms with Gasteiger partial charge in [-0.3, -0.25) is 0 Å². The van der Waals surface area contributed by atoms with E-state index in [4.69, 9.17) is 23.2 Å². The van der Waals surface area contributed by atoms with E-state index in [1.54, 1.807) is 18.2 Å². The molecule has 0 atom stereocenters. The van der Waals surface area contributed by atoms with Crippen LogP contribution in [0.25, 0.3) is 0 Å². The molecule has 0 aliphatic rings. The van der Waals surface area contributed by atoms with Crippen molar-refractivity contribution in [1.29, 1.82) is 5.26 Å². The molecule has 2 N–H and O–H groups in total. The summed E-state index contributed by atoms with van der Waals surface area (Å²) < 4.78 is 26.1. The molecule has 106 valence electrons. The van der Waals surface area contributed by atoms with Crippen LogP contribution in [-0.4, -0.2) is 13.5 Å². The third-order valence-electron chi connectivity index (χ3n) is 2.71. The van der Waals surface area contributed by atoms with Crippen LogP contribution in [-0.2, 0) is 10.0 Å². The van der Waals surface area contributed by atoms with Crippen molar-refractivity contribution in [2.45, 2.75) is 4.90 Å². The maximum Gasteiger partial charge on any atom is 0.270 e. The van der Waals surface area contributed by atoms with Crippen LogP contribution in [0.5, 0.6) is 0 Å². The number of anilines is 1. The first-order chi connectivity index (χ1) is 9.96. The second kappa shape index (κ2) is 5.91. The fourth-order valence-electron chi connectivity index (χ4n) is 1.75. The van der Waals surface area contributed by atoms with Crippen molar-refractivity contribution >= 4 is 33.0 Å². The average Bonchev–Trinajstić information content (AvgIpc) is 2.48. The van der Waals surface area contributed by atoms with Gasteiger partial charge < -0.3 is 5.73 Å². The molecule has 0 aromatic heterocycles. The zero-order valence-electron chi connectivity index (χ0n) is 10.8. The molecule has 7 heteroatoms. The van der Waals surface area contributed by atoms with Crippen molar-refractivity contribution in [2.75, 3.05) is 4.31 Å². The van der Waals surface area contributed by atoms with Gasteiger partial charge in [0, 0.05) is 0 Å². The van der Waals surface area contributed by atoms with Crippen molar-refractivity contribution in [1.82, 2.24) is 0 Å². The predicted molar refractivity (Wildman–Crippen MR) is 84.0 cm³/mol. The van der Waals surface area contributed by atoms with E-state index in [-0.39, 0.29) is 15.7 Å². The number of rotatable bonds is 3. The summed E-state index contributed by atoms with van der Waals surface area (Å²) in [5.41, 5.74) is 6.27. The Morgan fingerprint density at radius 2 is 1.67 bits per heavy atom. The maximum absolute atomic E-state index is 12.6. The molecule has 0 unspecified atom stereocenters. The molecule has 21 heavy (non-hydrogen) atoms. The zero-order valence-corrected chi connectivity index (χ0v) is 12.4. The lowest BCUT2D eigenvalue weighted by Gasteiger charge is -2.22. The van der Waals surface area contributed by atoms with Gasteiger partial charge in [0.25, 0.3) is 10.0 Å². The molecule has 0 saturated carbocycles. The average molecular weight is 317 g/mol. The van der Waals surface area contributed by atoms with Gasteiger partial charge in [0.1, 0.15) is 0 Å². The van der Waals surface area contributed by atoms with Crippen molar-refractivity contribution in [3.8, 4) is 6.07 Å². The van der Waals surface area contributed by atoms with Crippen LogP contribution in [0.15, 0.2) is 59.5 Å². The first kappa shape index (κ1) is 15.0. The first-order valence-corrected chi connectivity index (χ1v) is 7.71. The van der Waals surface area contributed by atoms with E-state index in [1.165, 1.54) is 36.4 Å². The summed E-state index contributed by atoms with van der Waals surface area (Å²) >= 11 is 4.87. The van der Waals surface area contributed by atoms with E-state index in [1.807, 2.05) is 6.07 Å². The Hall–Kier alpha value is -2.43. The minimum Gasteiger partial charge on any atom is -0.375 e. The van der Waals surface area contributed by atoms with Crippen LogP contribution in [0.1, 0.15) is 5.56 Å². The highest BCUT2D eigenvalue weighted by atomic mass is 32.2. The van der Waals surface area contributed by atoms with Crippen LogP contribution >= 0.6 is 12.2 Å². The zero-order chi connectivity index (χ0) is 15.5. The lowest BCUT2D eigenvalue weighted by atomic mass is 10.2. The molecule has 0 heterocycles. The van der Waals surface area contributed by atoms with Gasteiger partial charge in [0.05, 0.1) is 22.2 Å². The molecule has 0 saturated heterocycles. The lowest BCUT2D eigenvalue weighted by molar-refractivity contribution is 0.597. The molecule has 2 aromatic rings. The molecule has 5 nitrogen and oxygen atoms in total. The number of benzene rings is 2. The normalized spacial score (nSPS) is 10.6. The Morgan fingerprint density at radius 3 is 2.14 bits per heavy atom. The largest absolute Gasteiger partial charge is 0.375 e. The van der Waals surface area contributed by atoms with Crippen molar-refractivity contribution in [3.05, 3.63) is 60.2 Å². The van der Waals surface area contributed by atoms with Crippen molar-refractivity contribution < 1.29 is 8.42 Å². The van der Waals surface area contributed by atoms with Crippen LogP contribution in [0.4, 0.5) is 5.69 Å². The van der Waals surface area contributed by atoms with Gasteiger partial charge in [-0.15, -0.1) is 0 Å². The number of sulfonamides is 1. The number of nitrogens with two attached hydrogens (primary N) is 1. The van der Waals surface area contributed by atoms with Gasteiger partial charge in [-0.1, -0.05) is 18.2 Å². The van der Waals surface area contributed by atoms with Gasteiger partial charge in [-0.25, -0.2) is 12.7 Å². The summed E-state index contributed by atoms with van der Waals surface area (Å²) in [6, 6.07) is 15.8. The Labute approximate surface area is 128 Å². The molecule has 0 aliphatic carbocycles. The second-order valence-electron chi connectivity index (χ2n) is 4.08. The number of hydrogen-bond donors (Lipinski definition) is 1. The number of thiocarbonyl (C=S) groups is 1. The third-order valence-corrected chi connectivity index (χ3v) is 4.77. The monoisotopic (exact) mass is 317 g/mol. The molecule has 0 spiro atoms. The van der Waals surface area contributed by atoms with Crippen LogP contribution < -0.4 is 10.0 Å². The van der Waals surface area contributed by atoms with Gasteiger partial charge in [0.15, 0.2) is 5.11 Å². The smallest absolute Gasteiger partial charge is 0.270 e. The van der Waals surface area contributed by atoms with E-state index >= 15 is 0 Å². The third kappa shape index (κ3) is 3.02. The van der Waals surface area contributed by atoms with Crippen LogP contribution in [0, 0.1) is 11.3 Å². The molecule has 2 rings (SSSR count). The highest BCUT2D eigenvalue weighted by Crippen LogP contribution is 2.23. The number of hydrogen-bond acceptors (Lipinski definition) is 4. The predicted octanol–water partition coefficient (Wildman–Crippen LogP) is 2.00. The minimum absolute atomic E-state index is 0.0853. The van der Waals surface area contributed by atoms with E-state index in [2.05, 4.69) is 0 Å². The topological polar surface area (TPSA) is 87.2 Å². The highest BCUT2D eigenvalue weighted by Gasteiger charge is 2.27. The summed E-state index contributed by atoms with van der Waals surface area (Å²) in [4.78, 5) is 0.0853. The maximum atomic E-state index is 12.6. The fourth-order valence-corrected chi connectivity index (χ4v) is 3.50. The fraction of sp³-hybridized carbons (Fsp3) is 0. The SMILES string of the molecule is N#Cc1ccc(N(C(N)=S)S(=O)(=O)c2ccccc2)cc1. The quantitative estimate of drug-likeness (QED) is 0.875. The summed E-state index contributed by atoms with van der Waals surface area (Å²) in [5, 5.41) is 8.49. The molecule has 0 aliphatic heterocycles. The van der Waals surface area contributed by atoms with E-state index in [0.29, 0.717) is 5.56 Å². The molecule has 0 amide bonds. The molecule has 0 radical (unpaired) electrons. The summed E-state index contributed by atoms with van der Waals surface area (Å²) in [6.07, 6.45) is 0. The molecule has 2 aromatic carbocycles. The van der Waals surface area contributed by atoms with Crippen molar-refractivity contribution in [3.63, 3.8) is 0 Å². The summed E-state index contributed by atoms with van der Waals surface area (Å²) in [6.45, 7) is 0. The standard InChI is InChI=1S/C14H11N3O2S2/c15-10-11-6-8-12(9-7-11)17(14(16)20)21(18,19)13-4-2-1-3-5-13/h1-9H,(H2,16,20). The van der Waals surface area contributed by atoms with Gasteiger partial charge >= 0.3 is 0 Å². The van der Waals surface area contributed by atoms with Crippen LogP contribution in [0.3, 0.4) is 0 Å².